The first-order chi connectivity index (χ1) is 16.6. The van der Waals surface area contributed by atoms with Crippen molar-refractivity contribution in [2.24, 2.45) is 0 Å². The molecule has 3 heterocycles. The molecule has 2 aromatic carbocycles. The number of pyridine rings is 1. The number of hydrogen-bond acceptors (Lipinski definition) is 7. The molecule has 0 amide bonds. The van der Waals surface area contributed by atoms with Gasteiger partial charge in [-0.1, -0.05) is 40.2 Å². The fraction of sp³-hybridized carbons (Fsp3) is 0.192. The molecule has 5 rings (SSSR count). The second-order valence-electron chi connectivity index (χ2n) is 7.86. The van der Waals surface area contributed by atoms with Gasteiger partial charge in [0.05, 0.1) is 30.5 Å². The SMILES string of the molecule is COc1ccccc1-c1nc2c(c(SCc3ccc(Br)cc3)n1)Cc1c(CO)cnc(C)c1O2. The molecule has 0 fully saturated rings. The van der Waals surface area contributed by atoms with Crippen LogP contribution in [0.25, 0.3) is 11.4 Å². The molecule has 0 saturated carbocycles. The molecule has 0 aliphatic carbocycles. The summed E-state index contributed by atoms with van der Waals surface area (Å²) in [6, 6.07) is 16.0. The first kappa shape index (κ1) is 22.8. The number of para-hydroxylation sites is 1. The number of fused-ring (bicyclic) bond motifs is 2. The Labute approximate surface area is 210 Å². The molecule has 0 spiro atoms. The maximum Gasteiger partial charge on any atom is 0.227 e. The molecule has 1 aliphatic rings. The van der Waals surface area contributed by atoms with Gasteiger partial charge in [-0.2, -0.15) is 4.98 Å². The van der Waals surface area contributed by atoms with E-state index in [4.69, 9.17) is 19.4 Å². The molecule has 0 bridgehead atoms. The number of halogens is 1. The topological polar surface area (TPSA) is 77.4 Å². The highest BCUT2D eigenvalue weighted by Crippen LogP contribution is 2.43. The highest BCUT2D eigenvalue weighted by molar-refractivity contribution is 9.10. The van der Waals surface area contributed by atoms with E-state index in [-0.39, 0.29) is 6.61 Å². The van der Waals surface area contributed by atoms with Crippen LogP contribution in [0.15, 0.2) is 64.2 Å². The quantitative estimate of drug-likeness (QED) is 0.208. The summed E-state index contributed by atoms with van der Waals surface area (Å²) in [5, 5.41) is 10.7. The van der Waals surface area contributed by atoms with Crippen LogP contribution in [0.1, 0.15) is 27.9 Å². The minimum Gasteiger partial charge on any atom is -0.496 e. The van der Waals surface area contributed by atoms with Gasteiger partial charge in [-0.15, -0.1) is 11.8 Å². The Bertz CT molecular complexity index is 1360. The Kier molecular flexibility index (Phi) is 6.54. The number of rotatable bonds is 6. The average Bonchev–Trinajstić information content (AvgIpc) is 2.87. The number of aliphatic hydroxyl groups excluding tert-OH is 1. The molecule has 0 radical (unpaired) electrons. The van der Waals surface area contributed by atoms with Gasteiger partial charge >= 0.3 is 0 Å². The van der Waals surface area contributed by atoms with Crippen LogP contribution in [0.4, 0.5) is 0 Å². The van der Waals surface area contributed by atoms with Gasteiger partial charge in [-0.05, 0) is 36.8 Å². The number of aliphatic hydroxyl groups is 1. The maximum atomic E-state index is 9.88. The predicted octanol–water partition coefficient (Wildman–Crippen LogP) is 6.10. The van der Waals surface area contributed by atoms with Gasteiger partial charge in [0.25, 0.3) is 0 Å². The lowest BCUT2D eigenvalue weighted by atomic mass is 9.99. The monoisotopic (exact) mass is 535 g/mol. The van der Waals surface area contributed by atoms with Crippen molar-refractivity contribution in [3.05, 3.63) is 87.1 Å². The Hall–Kier alpha value is -2.94. The summed E-state index contributed by atoms with van der Waals surface area (Å²) < 4.78 is 12.9. The second-order valence-corrected chi connectivity index (χ2v) is 9.74. The zero-order valence-corrected chi connectivity index (χ0v) is 21.1. The van der Waals surface area contributed by atoms with Crippen molar-refractivity contribution in [1.82, 2.24) is 15.0 Å². The molecule has 4 aromatic rings. The summed E-state index contributed by atoms with van der Waals surface area (Å²) >= 11 is 5.14. The Balaban J connectivity index is 1.61. The van der Waals surface area contributed by atoms with Gasteiger partial charge in [0.15, 0.2) is 11.6 Å². The van der Waals surface area contributed by atoms with Gasteiger partial charge in [-0.3, -0.25) is 4.98 Å². The van der Waals surface area contributed by atoms with E-state index in [1.807, 2.05) is 43.3 Å². The Morgan fingerprint density at radius 1 is 1.09 bits per heavy atom. The van der Waals surface area contributed by atoms with Crippen LogP contribution < -0.4 is 9.47 Å². The molecule has 0 unspecified atom stereocenters. The lowest BCUT2D eigenvalue weighted by molar-refractivity contribution is 0.278. The van der Waals surface area contributed by atoms with E-state index in [2.05, 4.69) is 33.0 Å². The molecular formula is C26H22BrN3O3S. The molecule has 172 valence electrons. The van der Waals surface area contributed by atoms with Gasteiger partial charge in [-0.25, -0.2) is 4.98 Å². The van der Waals surface area contributed by atoms with Crippen LogP contribution >= 0.6 is 27.7 Å². The minimum absolute atomic E-state index is 0.101. The molecule has 1 N–H and O–H groups in total. The van der Waals surface area contributed by atoms with Gasteiger partial charge in [0, 0.05) is 34.0 Å². The van der Waals surface area contributed by atoms with Crippen molar-refractivity contribution in [3.63, 3.8) is 0 Å². The number of aryl methyl sites for hydroxylation is 1. The number of methoxy groups -OCH3 is 1. The van der Waals surface area contributed by atoms with E-state index in [9.17, 15) is 5.11 Å². The highest BCUT2D eigenvalue weighted by atomic mass is 79.9. The van der Waals surface area contributed by atoms with Crippen molar-refractivity contribution < 1.29 is 14.6 Å². The van der Waals surface area contributed by atoms with E-state index in [1.165, 1.54) is 5.56 Å². The predicted molar refractivity (Wildman–Crippen MR) is 135 cm³/mol. The molecule has 6 nitrogen and oxygen atoms in total. The van der Waals surface area contributed by atoms with E-state index in [1.54, 1.807) is 25.1 Å². The van der Waals surface area contributed by atoms with Crippen LogP contribution in [0.2, 0.25) is 0 Å². The summed E-state index contributed by atoms with van der Waals surface area (Å²) in [5.41, 5.74) is 5.35. The highest BCUT2D eigenvalue weighted by Gasteiger charge is 2.28. The summed E-state index contributed by atoms with van der Waals surface area (Å²) in [4.78, 5) is 14.1. The van der Waals surface area contributed by atoms with Crippen LogP contribution in [0.3, 0.4) is 0 Å². The number of benzene rings is 2. The third kappa shape index (κ3) is 4.41. The summed E-state index contributed by atoms with van der Waals surface area (Å²) in [6.45, 7) is 1.80. The largest absolute Gasteiger partial charge is 0.496 e. The zero-order valence-electron chi connectivity index (χ0n) is 18.7. The van der Waals surface area contributed by atoms with E-state index in [0.29, 0.717) is 29.6 Å². The number of aromatic nitrogens is 3. The van der Waals surface area contributed by atoms with Crippen molar-refractivity contribution in [2.45, 2.75) is 30.7 Å². The number of thioether (sulfide) groups is 1. The molecule has 0 atom stereocenters. The summed E-state index contributed by atoms with van der Waals surface area (Å²) in [7, 11) is 1.64. The second kappa shape index (κ2) is 9.74. The first-order valence-electron chi connectivity index (χ1n) is 10.7. The zero-order chi connectivity index (χ0) is 23.7. The Morgan fingerprint density at radius 2 is 1.88 bits per heavy atom. The fourth-order valence-corrected chi connectivity index (χ4v) is 5.14. The lowest BCUT2D eigenvalue weighted by Gasteiger charge is -2.24. The average molecular weight is 536 g/mol. The third-order valence-electron chi connectivity index (χ3n) is 5.69. The molecular weight excluding hydrogens is 514 g/mol. The summed E-state index contributed by atoms with van der Waals surface area (Å²) in [6.07, 6.45) is 2.28. The molecule has 34 heavy (non-hydrogen) atoms. The van der Waals surface area contributed by atoms with E-state index >= 15 is 0 Å². The Morgan fingerprint density at radius 3 is 2.65 bits per heavy atom. The smallest absolute Gasteiger partial charge is 0.227 e. The normalized spacial score (nSPS) is 12.0. The van der Waals surface area contributed by atoms with Crippen LogP contribution in [-0.4, -0.2) is 27.2 Å². The van der Waals surface area contributed by atoms with Crippen molar-refractivity contribution in [1.29, 1.82) is 0 Å². The standard InChI is InChI=1S/C26H22BrN3O3S/c1-15-23-20(17(13-31)12-28-15)11-21-25(33-23)29-24(19-5-3-4-6-22(19)32-2)30-26(21)34-14-16-7-9-18(27)10-8-16/h3-10,12,31H,11,13-14H2,1-2H3. The van der Waals surface area contributed by atoms with Crippen LogP contribution in [0, 0.1) is 6.92 Å². The molecule has 2 aromatic heterocycles. The van der Waals surface area contributed by atoms with Gasteiger partial charge < -0.3 is 14.6 Å². The molecule has 1 aliphatic heterocycles. The maximum absolute atomic E-state index is 9.88. The van der Waals surface area contributed by atoms with Crippen LogP contribution in [0.5, 0.6) is 17.4 Å². The summed E-state index contributed by atoms with van der Waals surface area (Å²) in [5.74, 6) is 3.16. The molecule has 0 saturated heterocycles. The lowest BCUT2D eigenvalue weighted by Crippen LogP contribution is -2.13. The van der Waals surface area contributed by atoms with Gasteiger partial charge in [0.1, 0.15) is 10.8 Å². The molecule has 8 heteroatoms. The van der Waals surface area contributed by atoms with Crippen molar-refractivity contribution in [3.8, 4) is 28.8 Å². The first-order valence-corrected chi connectivity index (χ1v) is 12.5. The van der Waals surface area contributed by atoms with Crippen LogP contribution in [-0.2, 0) is 18.8 Å². The van der Waals surface area contributed by atoms with E-state index < -0.39 is 0 Å². The third-order valence-corrected chi connectivity index (χ3v) is 7.31. The number of nitrogens with zero attached hydrogens (tertiary/aromatic N) is 3. The number of ether oxygens (including phenoxy) is 2. The van der Waals surface area contributed by atoms with Crippen molar-refractivity contribution in [2.75, 3.05) is 7.11 Å². The van der Waals surface area contributed by atoms with E-state index in [0.717, 1.165) is 43.2 Å². The van der Waals surface area contributed by atoms with Crippen molar-refractivity contribution >= 4 is 27.7 Å². The fourth-order valence-electron chi connectivity index (χ4n) is 3.90. The van der Waals surface area contributed by atoms with Gasteiger partial charge in [0.2, 0.25) is 5.88 Å². The minimum atomic E-state index is -0.101. The number of hydrogen-bond donors (Lipinski definition) is 1.